The topological polar surface area (TPSA) is 59.3 Å². The number of aryl methyl sites for hydroxylation is 2. The molecule has 1 heterocycles. The number of ketones is 1. The molecule has 0 amide bonds. The predicted molar refractivity (Wildman–Crippen MR) is 64.6 cm³/mol. The summed E-state index contributed by atoms with van der Waals surface area (Å²) >= 11 is 0. The maximum Gasteiger partial charge on any atom is 0.432 e. The van der Waals surface area contributed by atoms with E-state index >= 15 is 0 Å². The van der Waals surface area contributed by atoms with Crippen molar-refractivity contribution in [2.24, 2.45) is 7.05 Å². The monoisotopic (exact) mass is 285 g/mol. The lowest BCUT2D eigenvalue weighted by atomic mass is 10.0. The zero-order chi connectivity index (χ0) is 15.2. The molecule has 0 aliphatic heterocycles. The average Bonchev–Trinajstić information content (AvgIpc) is 2.61. The second-order valence-corrected chi connectivity index (χ2v) is 4.44. The standard InChI is InChI=1S/C13H10F3NO3/c1-6-3-4-7-8(5-6)17(2)11(13(14,15)16)9(7)10(18)12(19)20/h3-5H,1-2H3,(H,19,20). The molecule has 2 rings (SSSR count). The van der Waals surface area contributed by atoms with E-state index in [1.165, 1.54) is 18.2 Å². The minimum Gasteiger partial charge on any atom is -0.475 e. The molecule has 1 N–H and O–H groups in total. The van der Waals surface area contributed by atoms with Gasteiger partial charge >= 0.3 is 12.1 Å². The van der Waals surface area contributed by atoms with Gasteiger partial charge in [0, 0.05) is 18.0 Å². The number of benzene rings is 1. The van der Waals surface area contributed by atoms with Gasteiger partial charge in [-0.05, 0) is 18.6 Å². The number of aliphatic carboxylic acids is 1. The number of carboxylic acids is 1. The first kappa shape index (κ1) is 14.1. The van der Waals surface area contributed by atoms with Crippen LogP contribution in [0, 0.1) is 6.92 Å². The van der Waals surface area contributed by atoms with Crippen molar-refractivity contribution in [1.82, 2.24) is 4.57 Å². The smallest absolute Gasteiger partial charge is 0.432 e. The number of alkyl halides is 3. The van der Waals surface area contributed by atoms with Crippen molar-refractivity contribution in [1.29, 1.82) is 0 Å². The first-order valence-electron chi connectivity index (χ1n) is 5.58. The van der Waals surface area contributed by atoms with Crippen LogP contribution in [0.4, 0.5) is 13.2 Å². The highest BCUT2D eigenvalue weighted by molar-refractivity contribution is 6.42. The van der Waals surface area contributed by atoms with E-state index in [1.807, 2.05) is 0 Å². The van der Waals surface area contributed by atoms with Crippen LogP contribution in [0.2, 0.25) is 0 Å². The Morgan fingerprint density at radius 3 is 2.35 bits per heavy atom. The summed E-state index contributed by atoms with van der Waals surface area (Å²) in [5.74, 6) is -3.48. The molecule has 4 nitrogen and oxygen atoms in total. The third-order valence-corrected chi connectivity index (χ3v) is 3.05. The van der Waals surface area contributed by atoms with Gasteiger partial charge in [0.2, 0.25) is 0 Å². The summed E-state index contributed by atoms with van der Waals surface area (Å²) < 4.78 is 40.1. The van der Waals surface area contributed by atoms with Crippen molar-refractivity contribution < 1.29 is 27.9 Å². The number of carbonyl (C=O) groups excluding carboxylic acids is 1. The molecule has 1 aromatic carbocycles. The van der Waals surface area contributed by atoms with Crippen molar-refractivity contribution >= 4 is 22.7 Å². The Morgan fingerprint density at radius 1 is 1.25 bits per heavy atom. The Labute approximate surface area is 111 Å². The van der Waals surface area contributed by atoms with Crippen LogP contribution in [-0.2, 0) is 18.0 Å². The molecular formula is C13H10F3NO3. The highest BCUT2D eigenvalue weighted by Gasteiger charge is 2.41. The molecule has 0 saturated heterocycles. The molecular weight excluding hydrogens is 275 g/mol. The number of aromatic nitrogens is 1. The Morgan fingerprint density at radius 2 is 1.85 bits per heavy atom. The molecule has 0 saturated carbocycles. The molecule has 0 fully saturated rings. The van der Waals surface area contributed by atoms with Gasteiger partial charge in [0.15, 0.2) is 0 Å². The van der Waals surface area contributed by atoms with Crippen LogP contribution in [0.1, 0.15) is 21.6 Å². The predicted octanol–water partition coefficient (Wildman–Crippen LogP) is 2.77. The van der Waals surface area contributed by atoms with Gasteiger partial charge in [0.05, 0.1) is 5.56 Å². The van der Waals surface area contributed by atoms with Gasteiger partial charge in [-0.25, -0.2) is 4.79 Å². The van der Waals surface area contributed by atoms with Crippen LogP contribution in [0.15, 0.2) is 18.2 Å². The number of Topliss-reactive ketones (excluding diaryl/α,β-unsaturated/α-hetero) is 1. The van der Waals surface area contributed by atoms with Gasteiger partial charge in [0.25, 0.3) is 5.78 Å². The van der Waals surface area contributed by atoms with Crippen LogP contribution in [-0.4, -0.2) is 21.4 Å². The fourth-order valence-corrected chi connectivity index (χ4v) is 2.21. The number of nitrogens with zero attached hydrogens (tertiary/aromatic N) is 1. The van der Waals surface area contributed by atoms with Gasteiger partial charge in [-0.3, -0.25) is 4.79 Å². The van der Waals surface area contributed by atoms with Gasteiger partial charge in [-0.15, -0.1) is 0 Å². The van der Waals surface area contributed by atoms with Crippen molar-refractivity contribution in [2.45, 2.75) is 13.1 Å². The summed E-state index contributed by atoms with van der Waals surface area (Å²) in [6, 6.07) is 4.33. The maximum atomic E-state index is 13.1. The fourth-order valence-electron chi connectivity index (χ4n) is 2.21. The SMILES string of the molecule is Cc1ccc2c(C(=O)C(=O)O)c(C(F)(F)F)n(C)c2c1. The minimum absolute atomic E-state index is 0.0159. The van der Waals surface area contributed by atoms with E-state index < -0.39 is 29.2 Å². The van der Waals surface area contributed by atoms with Gasteiger partial charge < -0.3 is 9.67 Å². The molecule has 0 spiro atoms. The van der Waals surface area contributed by atoms with E-state index in [-0.39, 0.29) is 10.9 Å². The largest absolute Gasteiger partial charge is 0.475 e. The number of hydrogen-bond donors (Lipinski definition) is 1. The van der Waals surface area contributed by atoms with Crippen LogP contribution in [0.3, 0.4) is 0 Å². The normalized spacial score (nSPS) is 11.8. The summed E-state index contributed by atoms with van der Waals surface area (Å²) in [5, 5.41) is 8.71. The molecule has 0 unspecified atom stereocenters. The maximum absolute atomic E-state index is 13.1. The van der Waals surface area contributed by atoms with Crippen LogP contribution in [0.25, 0.3) is 10.9 Å². The summed E-state index contributed by atoms with van der Waals surface area (Å²) in [6.45, 7) is 1.69. The van der Waals surface area contributed by atoms with Crippen LogP contribution in [0.5, 0.6) is 0 Å². The lowest BCUT2D eigenvalue weighted by molar-refractivity contribution is -0.143. The fraction of sp³-hybridized carbons (Fsp3) is 0.231. The van der Waals surface area contributed by atoms with Gasteiger partial charge in [-0.2, -0.15) is 13.2 Å². The molecule has 0 radical (unpaired) electrons. The van der Waals surface area contributed by atoms with E-state index in [0.29, 0.717) is 5.56 Å². The molecule has 7 heteroatoms. The van der Waals surface area contributed by atoms with E-state index in [4.69, 9.17) is 5.11 Å². The molecule has 20 heavy (non-hydrogen) atoms. The van der Waals surface area contributed by atoms with Crippen molar-refractivity contribution in [3.63, 3.8) is 0 Å². The number of carbonyl (C=O) groups is 2. The quantitative estimate of drug-likeness (QED) is 0.681. The number of hydrogen-bond acceptors (Lipinski definition) is 2. The first-order chi connectivity index (χ1) is 9.14. The number of carboxylic acid groups (broad SMARTS) is 1. The molecule has 106 valence electrons. The second kappa shape index (κ2) is 4.36. The molecule has 0 aliphatic carbocycles. The van der Waals surface area contributed by atoms with Gasteiger partial charge in [0.1, 0.15) is 5.69 Å². The highest BCUT2D eigenvalue weighted by atomic mass is 19.4. The van der Waals surface area contributed by atoms with Gasteiger partial charge in [-0.1, -0.05) is 12.1 Å². The van der Waals surface area contributed by atoms with E-state index in [2.05, 4.69) is 0 Å². The average molecular weight is 285 g/mol. The number of rotatable bonds is 2. The van der Waals surface area contributed by atoms with Crippen molar-refractivity contribution in [2.75, 3.05) is 0 Å². The van der Waals surface area contributed by atoms with Crippen LogP contribution >= 0.6 is 0 Å². The highest BCUT2D eigenvalue weighted by Crippen LogP contribution is 2.38. The second-order valence-electron chi connectivity index (χ2n) is 4.44. The molecule has 0 bridgehead atoms. The summed E-state index contributed by atoms with van der Waals surface area (Å²) in [7, 11) is 1.16. The van der Waals surface area contributed by atoms with Crippen LogP contribution < -0.4 is 0 Å². The number of halogens is 3. The summed E-state index contributed by atoms with van der Waals surface area (Å²) in [6.07, 6.45) is -4.82. The molecule has 2 aromatic rings. The lowest BCUT2D eigenvalue weighted by Crippen LogP contribution is -2.20. The zero-order valence-electron chi connectivity index (χ0n) is 10.6. The zero-order valence-corrected chi connectivity index (χ0v) is 10.6. The Kier molecular flexibility index (Phi) is 3.08. The summed E-state index contributed by atoms with van der Waals surface area (Å²) in [5.41, 5.74) is -1.18. The molecule has 0 aliphatic rings. The lowest BCUT2D eigenvalue weighted by Gasteiger charge is -2.09. The van der Waals surface area contributed by atoms with E-state index in [0.717, 1.165) is 11.6 Å². The van der Waals surface area contributed by atoms with Crippen molar-refractivity contribution in [3.05, 3.63) is 35.0 Å². The van der Waals surface area contributed by atoms with E-state index in [9.17, 15) is 22.8 Å². The third-order valence-electron chi connectivity index (χ3n) is 3.05. The Hall–Kier alpha value is -2.31. The third kappa shape index (κ3) is 2.04. The summed E-state index contributed by atoms with van der Waals surface area (Å²) in [4.78, 5) is 22.4. The minimum atomic E-state index is -4.82. The molecule has 1 aromatic heterocycles. The number of fused-ring (bicyclic) bond motifs is 1. The molecule has 0 atom stereocenters. The Bertz CT molecular complexity index is 729. The van der Waals surface area contributed by atoms with Crippen molar-refractivity contribution in [3.8, 4) is 0 Å². The van der Waals surface area contributed by atoms with E-state index in [1.54, 1.807) is 6.92 Å². The Balaban J connectivity index is 2.95. The first-order valence-corrected chi connectivity index (χ1v) is 5.58.